The molecule has 1 aromatic rings. The van der Waals surface area contributed by atoms with Crippen molar-refractivity contribution >= 4 is 11.3 Å². The number of hydrogen-bond donors (Lipinski definition) is 0. The quantitative estimate of drug-likeness (QED) is 0.441. The smallest absolute Gasteiger partial charge is 0.269 e. The van der Waals surface area contributed by atoms with Crippen LogP contribution in [0, 0.1) is 21.4 Å². The number of nitriles is 1. The van der Waals surface area contributed by atoms with E-state index in [4.69, 9.17) is 5.26 Å². The van der Waals surface area contributed by atoms with Crippen LogP contribution in [-0.4, -0.2) is 23.9 Å². The molecule has 0 aromatic heterocycles. The number of allylic oxidation sites excluding steroid dienone is 1. The summed E-state index contributed by atoms with van der Waals surface area (Å²) < 4.78 is 0. The van der Waals surface area contributed by atoms with Gasteiger partial charge in [-0.15, -0.1) is 0 Å². The van der Waals surface area contributed by atoms with Gasteiger partial charge in [0, 0.05) is 32.4 Å². The second kappa shape index (κ2) is 4.94. The zero-order valence-corrected chi connectivity index (χ0v) is 9.04. The lowest BCUT2D eigenvalue weighted by Crippen LogP contribution is -2.02. The van der Waals surface area contributed by atoms with Gasteiger partial charge in [0.15, 0.2) is 0 Å². The standard InChI is InChI=1S/C11H11N3O2/c1-13(2)8-10(7-12)9-3-5-11(6-4-9)14(15)16/h3-6,8H,1-2H3/b10-8+. The molecule has 0 aliphatic carbocycles. The van der Waals surface area contributed by atoms with Gasteiger partial charge < -0.3 is 4.90 Å². The number of nitro benzene ring substituents is 1. The molecule has 5 heteroatoms. The van der Waals surface area contributed by atoms with Gasteiger partial charge in [-0.05, 0) is 17.7 Å². The third-order valence-electron chi connectivity index (χ3n) is 1.90. The van der Waals surface area contributed by atoms with Gasteiger partial charge in [0.1, 0.15) is 6.07 Å². The van der Waals surface area contributed by atoms with E-state index in [0.717, 1.165) is 0 Å². The van der Waals surface area contributed by atoms with E-state index < -0.39 is 4.92 Å². The topological polar surface area (TPSA) is 70.2 Å². The molecule has 0 atom stereocenters. The maximum absolute atomic E-state index is 10.4. The van der Waals surface area contributed by atoms with Crippen molar-refractivity contribution in [2.75, 3.05) is 14.1 Å². The normalized spacial score (nSPS) is 10.7. The first-order chi connectivity index (χ1) is 7.54. The summed E-state index contributed by atoms with van der Waals surface area (Å²) in [5.74, 6) is 0. The zero-order chi connectivity index (χ0) is 12.1. The average molecular weight is 217 g/mol. The van der Waals surface area contributed by atoms with E-state index in [1.54, 1.807) is 23.2 Å². The lowest BCUT2D eigenvalue weighted by atomic mass is 10.1. The van der Waals surface area contributed by atoms with Crippen LogP contribution in [-0.2, 0) is 0 Å². The lowest BCUT2D eigenvalue weighted by Gasteiger charge is -2.06. The molecule has 0 saturated carbocycles. The van der Waals surface area contributed by atoms with Gasteiger partial charge in [-0.1, -0.05) is 0 Å². The Hall–Kier alpha value is -2.35. The second-order valence-electron chi connectivity index (χ2n) is 3.42. The molecular weight excluding hydrogens is 206 g/mol. The maximum Gasteiger partial charge on any atom is 0.269 e. The third kappa shape index (κ3) is 2.82. The number of nitro groups is 1. The minimum atomic E-state index is -0.467. The van der Waals surface area contributed by atoms with Crippen molar-refractivity contribution < 1.29 is 4.92 Å². The van der Waals surface area contributed by atoms with Crippen LogP contribution >= 0.6 is 0 Å². The third-order valence-corrected chi connectivity index (χ3v) is 1.90. The van der Waals surface area contributed by atoms with Crippen LogP contribution in [0.15, 0.2) is 30.5 Å². The predicted octanol–water partition coefficient (Wildman–Crippen LogP) is 2.02. The van der Waals surface area contributed by atoms with E-state index >= 15 is 0 Å². The van der Waals surface area contributed by atoms with E-state index in [9.17, 15) is 10.1 Å². The van der Waals surface area contributed by atoms with E-state index in [1.165, 1.54) is 12.1 Å². The summed E-state index contributed by atoms with van der Waals surface area (Å²) in [6, 6.07) is 7.95. The van der Waals surface area contributed by atoms with Crippen LogP contribution in [0.5, 0.6) is 0 Å². The molecule has 5 nitrogen and oxygen atoms in total. The number of hydrogen-bond acceptors (Lipinski definition) is 4. The summed E-state index contributed by atoms with van der Waals surface area (Å²) in [5, 5.41) is 19.4. The van der Waals surface area contributed by atoms with E-state index in [2.05, 4.69) is 0 Å². The van der Waals surface area contributed by atoms with Crippen molar-refractivity contribution in [3.63, 3.8) is 0 Å². The summed E-state index contributed by atoms with van der Waals surface area (Å²) in [7, 11) is 3.62. The highest BCUT2D eigenvalue weighted by Crippen LogP contribution is 2.18. The molecule has 0 heterocycles. The highest BCUT2D eigenvalue weighted by Gasteiger charge is 2.06. The first kappa shape index (κ1) is 11.7. The first-order valence-electron chi connectivity index (χ1n) is 4.58. The fraction of sp³-hybridized carbons (Fsp3) is 0.182. The molecule has 16 heavy (non-hydrogen) atoms. The Bertz CT molecular complexity index is 455. The molecule has 0 aliphatic rings. The minimum Gasteiger partial charge on any atom is -0.382 e. The molecule has 82 valence electrons. The molecule has 0 unspecified atom stereocenters. The molecule has 1 aromatic carbocycles. The molecule has 0 bridgehead atoms. The van der Waals surface area contributed by atoms with Crippen LogP contribution in [0.1, 0.15) is 5.56 Å². The Morgan fingerprint density at radius 3 is 2.38 bits per heavy atom. The molecule has 0 radical (unpaired) electrons. The summed E-state index contributed by atoms with van der Waals surface area (Å²) in [6.07, 6.45) is 1.67. The van der Waals surface area contributed by atoms with Crippen molar-refractivity contribution in [2.45, 2.75) is 0 Å². The van der Waals surface area contributed by atoms with Crippen molar-refractivity contribution in [2.24, 2.45) is 0 Å². The summed E-state index contributed by atoms with van der Waals surface area (Å²) >= 11 is 0. The monoisotopic (exact) mass is 217 g/mol. The minimum absolute atomic E-state index is 0.0193. The molecule has 1 rings (SSSR count). The van der Waals surface area contributed by atoms with Crippen molar-refractivity contribution in [1.82, 2.24) is 4.90 Å². The summed E-state index contributed by atoms with van der Waals surface area (Å²) in [6.45, 7) is 0. The fourth-order valence-corrected chi connectivity index (χ4v) is 1.19. The Kier molecular flexibility index (Phi) is 3.62. The first-order valence-corrected chi connectivity index (χ1v) is 4.58. The Balaban J connectivity index is 3.06. The van der Waals surface area contributed by atoms with Gasteiger partial charge in [0.05, 0.1) is 10.5 Å². The van der Waals surface area contributed by atoms with Gasteiger partial charge in [0.25, 0.3) is 5.69 Å². The Labute approximate surface area is 93.4 Å². The Morgan fingerprint density at radius 2 is 2.00 bits per heavy atom. The van der Waals surface area contributed by atoms with Crippen LogP contribution < -0.4 is 0 Å². The van der Waals surface area contributed by atoms with Crippen molar-refractivity contribution in [1.29, 1.82) is 5.26 Å². The van der Waals surface area contributed by atoms with Crippen molar-refractivity contribution in [3.8, 4) is 6.07 Å². The largest absolute Gasteiger partial charge is 0.382 e. The second-order valence-corrected chi connectivity index (χ2v) is 3.42. The van der Waals surface area contributed by atoms with Crippen LogP contribution in [0.3, 0.4) is 0 Å². The average Bonchev–Trinajstić information content (AvgIpc) is 2.25. The van der Waals surface area contributed by atoms with Gasteiger partial charge in [-0.3, -0.25) is 10.1 Å². The van der Waals surface area contributed by atoms with Crippen LogP contribution in [0.4, 0.5) is 5.69 Å². The van der Waals surface area contributed by atoms with Gasteiger partial charge in [-0.2, -0.15) is 5.26 Å². The highest BCUT2D eigenvalue weighted by atomic mass is 16.6. The molecule has 0 saturated heterocycles. The fourth-order valence-electron chi connectivity index (χ4n) is 1.19. The van der Waals surface area contributed by atoms with E-state index in [1.807, 2.05) is 20.2 Å². The summed E-state index contributed by atoms with van der Waals surface area (Å²) in [5.41, 5.74) is 1.16. The highest BCUT2D eigenvalue weighted by molar-refractivity contribution is 5.76. The number of non-ortho nitro benzene ring substituents is 1. The van der Waals surface area contributed by atoms with Crippen molar-refractivity contribution in [3.05, 3.63) is 46.1 Å². The molecule has 0 amide bonds. The summed E-state index contributed by atoms with van der Waals surface area (Å²) in [4.78, 5) is 11.7. The van der Waals surface area contributed by atoms with E-state index in [0.29, 0.717) is 11.1 Å². The Morgan fingerprint density at radius 1 is 1.44 bits per heavy atom. The van der Waals surface area contributed by atoms with Gasteiger partial charge >= 0.3 is 0 Å². The molecule has 0 spiro atoms. The molecule has 0 aliphatic heterocycles. The van der Waals surface area contributed by atoms with Crippen LogP contribution in [0.2, 0.25) is 0 Å². The zero-order valence-electron chi connectivity index (χ0n) is 9.04. The van der Waals surface area contributed by atoms with Crippen LogP contribution in [0.25, 0.3) is 5.57 Å². The SMILES string of the molecule is CN(C)/C=C(\C#N)c1ccc([N+](=O)[O-])cc1. The number of benzene rings is 1. The number of rotatable bonds is 3. The lowest BCUT2D eigenvalue weighted by molar-refractivity contribution is -0.384. The predicted molar refractivity (Wildman–Crippen MR) is 60.4 cm³/mol. The molecular formula is C11H11N3O2. The maximum atomic E-state index is 10.4. The number of nitrogens with zero attached hydrogens (tertiary/aromatic N) is 3. The van der Waals surface area contributed by atoms with Gasteiger partial charge in [-0.25, -0.2) is 0 Å². The van der Waals surface area contributed by atoms with E-state index in [-0.39, 0.29) is 5.69 Å². The van der Waals surface area contributed by atoms with Gasteiger partial charge in [0.2, 0.25) is 0 Å². The molecule has 0 fully saturated rings. The molecule has 0 N–H and O–H groups in total.